The van der Waals surface area contributed by atoms with E-state index >= 15 is 0 Å². The summed E-state index contributed by atoms with van der Waals surface area (Å²) >= 11 is 0. The van der Waals surface area contributed by atoms with Crippen LogP contribution in [-0.4, -0.2) is 38.3 Å². The van der Waals surface area contributed by atoms with Crippen LogP contribution in [0.15, 0.2) is 54.6 Å². The molecule has 1 aliphatic rings. The lowest BCUT2D eigenvalue weighted by Crippen LogP contribution is -2.47. The molecule has 0 radical (unpaired) electrons. The molecule has 5 heteroatoms. The third kappa shape index (κ3) is 4.43. The van der Waals surface area contributed by atoms with E-state index in [0.717, 1.165) is 36.4 Å². The highest BCUT2D eigenvalue weighted by molar-refractivity contribution is 5.95. The maximum atomic E-state index is 11.6. The summed E-state index contributed by atoms with van der Waals surface area (Å²) in [5.41, 5.74) is 10.6. The SMILES string of the molecule is Cc1c(C(N)=O)ccc(N2CCOC(CN[C@H](C)c3cccc4ccccc34)C2)c1C. The highest BCUT2D eigenvalue weighted by Gasteiger charge is 2.23. The van der Waals surface area contributed by atoms with Crippen molar-refractivity contribution in [2.24, 2.45) is 5.73 Å². The van der Waals surface area contributed by atoms with Crippen molar-refractivity contribution < 1.29 is 9.53 Å². The average Bonchev–Trinajstić information content (AvgIpc) is 2.78. The number of hydrogen-bond acceptors (Lipinski definition) is 4. The van der Waals surface area contributed by atoms with Crippen molar-refractivity contribution >= 4 is 22.4 Å². The van der Waals surface area contributed by atoms with Crippen molar-refractivity contribution in [1.29, 1.82) is 0 Å². The van der Waals surface area contributed by atoms with Crippen LogP contribution < -0.4 is 16.0 Å². The Morgan fingerprint density at radius 2 is 1.90 bits per heavy atom. The molecule has 2 atom stereocenters. The van der Waals surface area contributed by atoms with Gasteiger partial charge in [0.05, 0.1) is 12.7 Å². The summed E-state index contributed by atoms with van der Waals surface area (Å²) in [6, 6.07) is 19.1. The topological polar surface area (TPSA) is 67.6 Å². The number of nitrogens with one attached hydrogen (secondary N) is 1. The number of amides is 1. The zero-order valence-electron chi connectivity index (χ0n) is 18.5. The Kier molecular flexibility index (Phi) is 6.25. The standard InChI is InChI=1S/C26H31N3O2/c1-17-18(2)25(12-11-22(17)26(27)30)29-13-14-31-21(16-29)15-28-19(3)23-10-6-8-20-7-4-5-9-24(20)23/h4-12,19,21,28H,13-16H2,1-3H3,(H2,27,30)/t19-,21?/m1/s1. The minimum Gasteiger partial charge on any atom is -0.373 e. The zero-order chi connectivity index (χ0) is 22.0. The van der Waals surface area contributed by atoms with Gasteiger partial charge in [-0.15, -0.1) is 0 Å². The lowest BCUT2D eigenvalue weighted by atomic mass is 9.99. The molecule has 31 heavy (non-hydrogen) atoms. The van der Waals surface area contributed by atoms with E-state index in [1.807, 2.05) is 19.1 Å². The minimum absolute atomic E-state index is 0.0988. The number of nitrogens with zero attached hydrogens (tertiary/aromatic N) is 1. The predicted molar refractivity (Wildman–Crippen MR) is 127 cm³/mol. The molecule has 0 saturated carbocycles. The first-order valence-electron chi connectivity index (χ1n) is 10.9. The van der Waals surface area contributed by atoms with Gasteiger partial charge in [0.1, 0.15) is 0 Å². The van der Waals surface area contributed by atoms with E-state index in [4.69, 9.17) is 10.5 Å². The summed E-state index contributed by atoms with van der Waals surface area (Å²) in [7, 11) is 0. The highest BCUT2D eigenvalue weighted by atomic mass is 16.5. The fourth-order valence-corrected chi connectivity index (χ4v) is 4.52. The molecule has 1 saturated heterocycles. The molecule has 0 aromatic heterocycles. The van der Waals surface area contributed by atoms with Crippen LogP contribution in [0.3, 0.4) is 0 Å². The van der Waals surface area contributed by atoms with Crippen LogP contribution in [0, 0.1) is 13.8 Å². The smallest absolute Gasteiger partial charge is 0.248 e. The Bertz CT molecular complexity index is 1090. The first-order valence-corrected chi connectivity index (χ1v) is 10.9. The number of carbonyl (C=O) groups is 1. The first kappa shape index (κ1) is 21.3. The summed E-state index contributed by atoms with van der Waals surface area (Å²) in [6.07, 6.45) is 0.0988. The van der Waals surface area contributed by atoms with Crippen LogP contribution in [0.2, 0.25) is 0 Å². The van der Waals surface area contributed by atoms with E-state index in [2.05, 4.69) is 66.5 Å². The molecule has 1 fully saturated rings. The second-order valence-corrected chi connectivity index (χ2v) is 8.38. The number of primary amides is 1. The van der Waals surface area contributed by atoms with Gasteiger partial charge in [0.15, 0.2) is 0 Å². The summed E-state index contributed by atoms with van der Waals surface area (Å²) in [5.74, 6) is -0.376. The lowest BCUT2D eigenvalue weighted by molar-refractivity contribution is 0.0394. The molecule has 4 rings (SSSR count). The van der Waals surface area contributed by atoms with Gasteiger partial charge in [0, 0.05) is 36.9 Å². The number of carbonyl (C=O) groups excluding carboxylic acids is 1. The van der Waals surface area contributed by atoms with E-state index in [0.29, 0.717) is 12.2 Å². The number of benzene rings is 3. The van der Waals surface area contributed by atoms with Crippen molar-refractivity contribution in [3.05, 3.63) is 76.9 Å². The van der Waals surface area contributed by atoms with Gasteiger partial charge in [-0.25, -0.2) is 0 Å². The second-order valence-electron chi connectivity index (χ2n) is 8.38. The lowest BCUT2D eigenvalue weighted by Gasteiger charge is -2.36. The number of rotatable bonds is 6. The first-order chi connectivity index (χ1) is 15.0. The highest BCUT2D eigenvalue weighted by Crippen LogP contribution is 2.28. The van der Waals surface area contributed by atoms with E-state index < -0.39 is 0 Å². The Morgan fingerprint density at radius 1 is 1.13 bits per heavy atom. The average molecular weight is 418 g/mol. The Morgan fingerprint density at radius 3 is 2.71 bits per heavy atom. The van der Waals surface area contributed by atoms with E-state index in [9.17, 15) is 4.79 Å². The van der Waals surface area contributed by atoms with Gasteiger partial charge in [-0.2, -0.15) is 0 Å². The van der Waals surface area contributed by atoms with Crippen LogP contribution in [-0.2, 0) is 4.74 Å². The molecule has 5 nitrogen and oxygen atoms in total. The predicted octanol–water partition coefficient (Wildman–Crippen LogP) is 4.11. The van der Waals surface area contributed by atoms with Crippen molar-refractivity contribution in [2.45, 2.75) is 32.9 Å². The largest absolute Gasteiger partial charge is 0.373 e. The molecule has 3 N–H and O–H groups in total. The molecule has 1 heterocycles. The fourth-order valence-electron chi connectivity index (χ4n) is 4.52. The molecular formula is C26H31N3O2. The molecule has 3 aromatic carbocycles. The van der Waals surface area contributed by atoms with Crippen LogP contribution in [0.25, 0.3) is 10.8 Å². The van der Waals surface area contributed by atoms with Crippen LogP contribution in [0.4, 0.5) is 5.69 Å². The van der Waals surface area contributed by atoms with E-state index in [-0.39, 0.29) is 18.1 Å². The summed E-state index contributed by atoms with van der Waals surface area (Å²) < 4.78 is 6.06. The summed E-state index contributed by atoms with van der Waals surface area (Å²) in [6.45, 7) is 9.34. The molecule has 162 valence electrons. The van der Waals surface area contributed by atoms with Gasteiger partial charge in [-0.1, -0.05) is 42.5 Å². The Balaban J connectivity index is 1.44. The zero-order valence-corrected chi connectivity index (χ0v) is 18.5. The summed E-state index contributed by atoms with van der Waals surface area (Å²) in [4.78, 5) is 14.0. The maximum Gasteiger partial charge on any atom is 0.248 e. The van der Waals surface area contributed by atoms with Crippen molar-refractivity contribution in [3.63, 3.8) is 0 Å². The Labute approximate surface area is 184 Å². The molecule has 3 aromatic rings. The molecular weight excluding hydrogens is 386 g/mol. The van der Waals surface area contributed by atoms with Gasteiger partial charge in [-0.3, -0.25) is 4.79 Å². The van der Waals surface area contributed by atoms with Crippen molar-refractivity contribution in [1.82, 2.24) is 5.32 Å². The summed E-state index contributed by atoms with van der Waals surface area (Å²) in [5, 5.41) is 6.22. The molecule has 1 amide bonds. The minimum atomic E-state index is -0.376. The number of anilines is 1. The number of fused-ring (bicyclic) bond motifs is 1. The quantitative estimate of drug-likeness (QED) is 0.633. The van der Waals surface area contributed by atoms with Crippen LogP contribution >= 0.6 is 0 Å². The van der Waals surface area contributed by atoms with E-state index in [1.165, 1.54) is 16.3 Å². The number of hydrogen-bond donors (Lipinski definition) is 2. The van der Waals surface area contributed by atoms with Gasteiger partial charge >= 0.3 is 0 Å². The van der Waals surface area contributed by atoms with Gasteiger partial charge in [0.2, 0.25) is 5.91 Å². The third-order valence-electron chi connectivity index (χ3n) is 6.45. The van der Waals surface area contributed by atoms with Gasteiger partial charge < -0.3 is 20.7 Å². The molecule has 1 aliphatic heterocycles. The van der Waals surface area contributed by atoms with Gasteiger partial charge in [-0.05, 0) is 60.4 Å². The normalized spacial score (nSPS) is 17.6. The maximum absolute atomic E-state index is 11.6. The fraction of sp³-hybridized carbons (Fsp3) is 0.346. The number of nitrogens with two attached hydrogens (primary N) is 1. The van der Waals surface area contributed by atoms with Crippen LogP contribution in [0.1, 0.15) is 40.0 Å². The monoisotopic (exact) mass is 417 g/mol. The number of ether oxygens (including phenoxy) is 1. The van der Waals surface area contributed by atoms with Gasteiger partial charge in [0.25, 0.3) is 0 Å². The molecule has 1 unspecified atom stereocenters. The van der Waals surface area contributed by atoms with Crippen molar-refractivity contribution in [3.8, 4) is 0 Å². The number of morpholine rings is 1. The molecule has 0 bridgehead atoms. The molecule has 0 aliphatic carbocycles. The third-order valence-corrected chi connectivity index (χ3v) is 6.45. The Hall–Kier alpha value is -2.89. The van der Waals surface area contributed by atoms with Crippen LogP contribution in [0.5, 0.6) is 0 Å². The molecule has 0 spiro atoms. The van der Waals surface area contributed by atoms with Crippen molar-refractivity contribution in [2.75, 3.05) is 31.1 Å². The van der Waals surface area contributed by atoms with E-state index in [1.54, 1.807) is 0 Å². The second kappa shape index (κ2) is 9.08.